The standard InChI is InChI=1S/C18H14N4.C13H23NO2.C6H11N.C2H5NO2.3C2H2/c1-5-15(17-9-19-11-21-17)6-2-13(1)14-3-7-16(8-4-14)18-10-20-12-22-18;1-10-3-6-14(11(10)2)13(15)9-12-4-7-16-8-5-12;1-4-5-2-3-7-6(4)5;1-5-2(3)4;3*1-2/h1-12H,(H,19,21)(H,20,22);10-12H,3-9H2,1-2H3;4-7H,2-3H2,1H3;1H3,(H2,3,4);3*1-2H/t;10-,11-;4-,5?,6?;;;;/m.11..../s1. The Bertz CT molecular complexity index is 1630. The number of carbonyl (C=O) groups excluding carboxylic acids is 2. The van der Waals surface area contributed by atoms with E-state index in [0.29, 0.717) is 23.8 Å². The molecule has 11 nitrogen and oxygen atoms in total. The van der Waals surface area contributed by atoms with Crippen molar-refractivity contribution in [2.24, 2.45) is 29.4 Å². The number of nitrogens with two attached hydrogens (primary N) is 1. The maximum absolute atomic E-state index is 12.2. The summed E-state index contributed by atoms with van der Waals surface area (Å²) in [5.41, 5.74) is 11.1. The third-order valence-electron chi connectivity index (χ3n) is 10.6. The maximum atomic E-state index is 12.2. The van der Waals surface area contributed by atoms with Gasteiger partial charge in [0.15, 0.2) is 0 Å². The molecule has 3 saturated heterocycles. The highest BCUT2D eigenvalue weighted by atomic mass is 16.5. The number of rotatable bonds is 5. The molecule has 1 aliphatic carbocycles. The number of nitrogens with one attached hydrogen (secondary N) is 3. The van der Waals surface area contributed by atoms with Gasteiger partial charge in [-0.05, 0) is 85.1 Å². The van der Waals surface area contributed by atoms with E-state index in [9.17, 15) is 9.59 Å². The van der Waals surface area contributed by atoms with Crippen LogP contribution in [0, 0.1) is 62.2 Å². The smallest absolute Gasteiger partial charge is 0.404 e. The average molecular weight is 762 g/mol. The zero-order valence-electron chi connectivity index (χ0n) is 33.3. The lowest BCUT2D eigenvalue weighted by Gasteiger charge is -2.27. The number of aromatic amines is 2. The number of primary amides is 1. The predicted molar refractivity (Wildman–Crippen MR) is 225 cm³/mol. The van der Waals surface area contributed by atoms with E-state index in [1.165, 1.54) is 37.6 Å². The summed E-state index contributed by atoms with van der Waals surface area (Å²) in [6.07, 6.45) is 35.8. The third-order valence-corrected chi connectivity index (χ3v) is 10.6. The molecule has 0 spiro atoms. The number of carbonyl (C=O) groups is 2. The topological polar surface area (TPSA) is 151 Å². The molecule has 2 aromatic carbocycles. The zero-order chi connectivity index (χ0) is 41.5. The fourth-order valence-corrected chi connectivity index (χ4v) is 7.02. The van der Waals surface area contributed by atoms with Crippen molar-refractivity contribution in [1.29, 1.82) is 0 Å². The third kappa shape index (κ3) is 14.1. The Morgan fingerprint density at radius 1 is 0.786 bits per heavy atom. The van der Waals surface area contributed by atoms with Crippen LogP contribution in [0.15, 0.2) is 73.6 Å². The number of piperidine rings is 1. The van der Waals surface area contributed by atoms with E-state index in [1.807, 2.05) is 12.4 Å². The number of hydrogen-bond acceptors (Lipinski definition) is 7. The van der Waals surface area contributed by atoms with E-state index < -0.39 is 6.09 Å². The van der Waals surface area contributed by atoms with Crippen molar-refractivity contribution in [3.63, 3.8) is 0 Å². The number of nitrogens with zero attached hydrogens (tertiary/aromatic N) is 3. The van der Waals surface area contributed by atoms with Crippen molar-refractivity contribution in [2.75, 3.05) is 33.4 Å². The van der Waals surface area contributed by atoms with E-state index >= 15 is 0 Å². The molecule has 11 heteroatoms. The molecule has 3 aliphatic heterocycles. The molecule has 56 heavy (non-hydrogen) atoms. The lowest BCUT2D eigenvalue weighted by molar-refractivity contribution is -0.133. The number of benzene rings is 2. The molecule has 2 unspecified atom stereocenters. The van der Waals surface area contributed by atoms with Crippen LogP contribution in [0.5, 0.6) is 0 Å². The Labute approximate surface area is 334 Å². The van der Waals surface area contributed by atoms with Crippen LogP contribution < -0.4 is 11.1 Å². The molecular formula is C45H59N7O4. The van der Waals surface area contributed by atoms with Crippen LogP contribution in [0.4, 0.5) is 4.79 Å². The van der Waals surface area contributed by atoms with Crippen LogP contribution in [0.25, 0.3) is 33.6 Å². The molecular weight excluding hydrogens is 703 g/mol. The van der Waals surface area contributed by atoms with Crippen molar-refractivity contribution >= 4 is 12.0 Å². The number of ether oxygens (including phenoxy) is 2. The number of hydrogen-bond donors (Lipinski definition) is 4. The van der Waals surface area contributed by atoms with Crippen LogP contribution >= 0.6 is 0 Å². The fraction of sp³-hybridized carbons (Fsp3) is 0.422. The number of imidazole rings is 2. The summed E-state index contributed by atoms with van der Waals surface area (Å²) >= 11 is 0. The summed E-state index contributed by atoms with van der Waals surface area (Å²) < 4.78 is 9.21. The molecule has 5 atom stereocenters. The Morgan fingerprint density at radius 3 is 1.57 bits per heavy atom. The minimum absolute atomic E-state index is 0.365. The van der Waals surface area contributed by atoms with Crippen molar-refractivity contribution in [2.45, 2.75) is 65.0 Å². The summed E-state index contributed by atoms with van der Waals surface area (Å²) in [6.45, 7) is 10.7. The van der Waals surface area contributed by atoms with E-state index in [1.54, 1.807) is 12.7 Å². The molecule has 1 saturated carbocycles. The van der Waals surface area contributed by atoms with Gasteiger partial charge in [-0.25, -0.2) is 14.8 Å². The first-order chi connectivity index (χ1) is 27.2. The van der Waals surface area contributed by atoms with Crippen molar-refractivity contribution in [3.8, 4) is 72.2 Å². The van der Waals surface area contributed by atoms with Gasteiger partial charge in [0.05, 0.1) is 43.5 Å². The summed E-state index contributed by atoms with van der Waals surface area (Å²) in [6, 6.07) is 18.3. The van der Waals surface area contributed by atoms with Gasteiger partial charge in [-0.1, -0.05) is 62.4 Å². The molecule has 4 aliphatic rings. The Balaban J connectivity index is 0.000000277. The van der Waals surface area contributed by atoms with Crippen LogP contribution in [-0.2, 0) is 14.3 Å². The highest BCUT2D eigenvalue weighted by molar-refractivity contribution is 5.77. The summed E-state index contributed by atoms with van der Waals surface area (Å²) in [4.78, 5) is 37.9. The van der Waals surface area contributed by atoms with Gasteiger partial charge in [-0.2, -0.15) is 0 Å². The van der Waals surface area contributed by atoms with Crippen molar-refractivity contribution in [1.82, 2.24) is 30.2 Å². The number of methoxy groups -OCH3 is 1. The van der Waals surface area contributed by atoms with Crippen LogP contribution in [0.1, 0.15) is 52.9 Å². The fourth-order valence-electron chi connectivity index (χ4n) is 7.02. The van der Waals surface area contributed by atoms with Crippen molar-refractivity contribution < 1.29 is 19.1 Å². The normalized spacial score (nSPS) is 21.2. The van der Waals surface area contributed by atoms with Gasteiger partial charge in [-0.3, -0.25) is 4.79 Å². The highest BCUT2D eigenvalue weighted by Crippen LogP contribution is 2.44. The minimum atomic E-state index is -0.745. The van der Waals surface area contributed by atoms with Gasteiger partial charge in [-0.15, -0.1) is 38.5 Å². The van der Waals surface area contributed by atoms with Crippen LogP contribution in [0.2, 0.25) is 0 Å². The Hall–Kier alpha value is -5.80. The first-order valence-electron chi connectivity index (χ1n) is 18.9. The highest BCUT2D eigenvalue weighted by Gasteiger charge is 2.49. The first-order valence-corrected chi connectivity index (χ1v) is 18.9. The summed E-state index contributed by atoms with van der Waals surface area (Å²) in [7, 11) is 1.22. The second-order valence-corrected chi connectivity index (χ2v) is 13.8. The Kier molecular flexibility index (Phi) is 21.0. The summed E-state index contributed by atoms with van der Waals surface area (Å²) in [5, 5.41) is 3.44. The minimum Gasteiger partial charge on any atom is -0.453 e. The molecule has 8 rings (SSSR count). The van der Waals surface area contributed by atoms with E-state index in [2.05, 4.69) is 148 Å². The maximum Gasteiger partial charge on any atom is 0.404 e. The van der Waals surface area contributed by atoms with E-state index in [0.717, 1.165) is 79.4 Å². The monoisotopic (exact) mass is 761 g/mol. The van der Waals surface area contributed by atoms with Gasteiger partial charge in [0, 0.05) is 38.3 Å². The summed E-state index contributed by atoms with van der Waals surface area (Å²) in [5.74, 6) is 3.67. The number of terminal acetylenes is 3. The van der Waals surface area contributed by atoms with Crippen LogP contribution in [-0.4, -0.2) is 82.3 Å². The average Bonchev–Trinajstić information content (AvgIpc) is 3.98. The van der Waals surface area contributed by atoms with Gasteiger partial charge in [0.25, 0.3) is 0 Å². The predicted octanol–water partition coefficient (Wildman–Crippen LogP) is 7.27. The van der Waals surface area contributed by atoms with E-state index in [4.69, 9.17) is 4.74 Å². The molecule has 5 N–H and O–H groups in total. The number of aromatic nitrogens is 4. The van der Waals surface area contributed by atoms with Gasteiger partial charge >= 0.3 is 6.09 Å². The quantitative estimate of drug-likeness (QED) is 0.156. The second-order valence-electron chi connectivity index (χ2n) is 13.8. The first kappa shape index (κ1) is 46.4. The van der Waals surface area contributed by atoms with Gasteiger partial charge in [0.1, 0.15) is 0 Å². The Morgan fingerprint density at radius 2 is 1.25 bits per heavy atom. The number of amides is 2. The van der Waals surface area contributed by atoms with E-state index in [-0.39, 0.29) is 0 Å². The van der Waals surface area contributed by atoms with Gasteiger partial charge in [0.2, 0.25) is 5.91 Å². The number of H-pyrrole nitrogens is 2. The molecule has 0 radical (unpaired) electrons. The molecule has 5 heterocycles. The zero-order valence-corrected chi connectivity index (χ0v) is 33.3. The molecule has 4 aromatic rings. The lowest BCUT2D eigenvalue weighted by Crippen LogP contribution is -2.37. The molecule has 0 bridgehead atoms. The van der Waals surface area contributed by atoms with Gasteiger partial charge < -0.3 is 35.4 Å². The lowest BCUT2D eigenvalue weighted by atomic mass is 9.95. The van der Waals surface area contributed by atoms with Crippen molar-refractivity contribution in [3.05, 3.63) is 73.6 Å². The second kappa shape index (κ2) is 25.3. The SMILES string of the molecule is C#C.C#C.C#C.COC(N)=O.C[C@@H]1C2CCNC21.C[C@@H]1CCN(C(=O)CC2CCOCC2)[C@@H]1C.c1ncc(-c2ccc(-c3ccc(-c4cnc[nH]4)cc3)cc2)[nH]1. The molecule has 2 aromatic heterocycles. The number of fused-ring (bicyclic) bond motifs is 1. The molecule has 4 fully saturated rings. The molecule has 298 valence electrons. The molecule has 2 amide bonds. The largest absolute Gasteiger partial charge is 0.453 e. The van der Waals surface area contributed by atoms with Crippen LogP contribution in [0.3, 0.4) is 0 Å². The number of likely N-dealkylation sites (tertiary alicyclic amines) is 1.